The molecule has 4 atom stereocenters. The molecule has 2 fully saturated rings. The molecule has 2 aromatic carbocycles. The monoisotopic (exact) mass is 642 g/mol. The third-order valence-electron chi connectivity index (χ3n) is 9.66. The molecule has 8 nitrogen and oxygen atoms in total. The van der Waals surface area contributed by atoms with E-state index < -0.39 is 23.7 Å². The molecule has 2 heterocycles. The van der Waals surface area contributed by atoms with Crippen molar-refractivity contribution < 1.29 is 29.0 Å². The van der Waals surface area contributed by atoms with Crippen molar-refractivity contribution in [2.24, 2.45) is 17.8 Å². The number of ether oxygens (including phenoxy) is 1. The third-order valence-corrected chi connectivity index (χ3v) is 10.3. The number of hydrogen-bond donors (Lipinski definition) is 1. The van der Waals surface area contributed by atoms with Crippen molar-refractivity contribution in [2.45, 2.75) is 32.6 Å². The summed E-state index contributed by atoms with van der Waals surface area (Å²) in [4.78, 5) is 58.5. The van der Waals surface area contributed by atoms with Crippen LogP contribution in [0.15, 0.2) is 69.8 Å². The van der Waals surface area contributed by atoms with E-state index in [-0.39, 0.29) is 40.0 Å². The van der Waals surface area contributed by atoms with Crippen LogP contribution >= 0.6 is 15.9 Å². The maximum absolute atomic E-state index is 14.2. The minimum atomic E-state index is -0.644. The zero-order valence-corrected chi connectivity index (χ0v) is 25.5. The summed E-state index contributed by atoms with van der Waals surface area (Å²) in [5.41, 5.74) is 5.38. The zero-order chi connectivity index (χ0) is 30.2. The number of phenolic OH excluding ortho intramolecular Hbond substituents is 1. The number of rotatable bonds is 3. The Morgan fingerprint density at radius 2 is 1.56 bits per heavy atom. The number of phenols is 1. The van der Waals surface area contributed by atoms with Crippen LogP contribution in [0, 0.1) is 31.6 Å². The van der Waals surface area contributed by atoms with Crippen LogP contribution in [0.5, 0.6) is 5.75 Å². The maximum atomic E-state index is 14.2. The van der Waals surface area contributed by atoms with Gasteiger partial charge in [-0.2, -0.15) is 0 Å². The number of ketones is 2. The number of hydrogen-bond acceptors (Lipinski definition) is 7. The minimum absolute atomic E-state index is 0.184. The van der Waals surface area contributed by atoms with Gasteiger partial charge in [0.1, 0.15) is 5.75 Å². The molecule has 2 aromatic rings. The van der Waals surface area contributed by atoms with Crippen molar-refractivity contribution >= 4 is 50.7 Å². The molecular formula is C34H31BrN2O6. The number of imide groups is 1. The summed E-state index contributed by atoms with van der Waals surface area (Å²) < 4.78 is 5.65. The number of anilines is 2. The van der Waals surface area contributed by atoms with Gasteiger partial charge in [0.2, 0.25) is 11.8 Å². The van der Waals surface area contributed by atoms with Gasteiger partial charge in [0.05, 0.1) is 35.2 Å². The predicted octanol–water partition coefficient (Wildman–Crippen LogP) is 4.81. The Morgan fingerprint density at radius 3 is 2.23 bits per heavy atom. The van der Waals surface area contributed by atoms with Crippen LogP contribution in [-0.2, 0) is 23.9 Å². The lowest BCUT2D eigenvalue weighted by Crippen LogP contribution is -2.39. The number of amides is 2. The fraction of sp³-hybridized carbons (Fsp3) is 0.353. The van der Waals surface area contributed by atoms with Gasteiger partial charge in [-0.3, -0.25) is 24.1 Å². The van der Waals surface area contributed by atoms with Gasteiger partial charge in [0, 0.05) is 41.9 Å². The van der Waals surface area contributed by atoms with E-state index in [1.165, 1.54) is 11.0 Å². The molecule has 0 saturated carbocycles. The molecule has 3 aliphatic carbocycles. The number of halogens is 1. The normalized spacial score (nSPS) is 27.1. The highest BCUT2D eigenvalue weighted by atomic mass is 79.9. The summed E-state index contributed by atoms with van der Waals surface area (Å²) in [6.07, 6.45) is 3.93. The summed E-state index contributed by atoms with van der Waals surface area (Å²) in [7, 11) is 0. The molecule has 1 N–H and O–H groups in total. The van der Waals surface area contributed by atoms with Gasteiger partial charge in [-0.25, -0.2) is 0 Å². The van der Waals surface area contributed by atoms with Crippen molar-refractivity contribution in [3.63, 3.8) is 0 Å². The first-order valence-electron chi connectivity index (χ1n) is 14.7. The Morgan fingerprint density at radius 1 is 0.907 bits per heavy atom. The first kappa shape index (κ1) is 28.0. The van der Waals surface area contributed by atoms with E-state index in [0.717, 1.165) is 29.9 Å². The van der Waals surface area contributed by atoms with Crippen molar-refractivity contribution in [3.8, 4) is 5.75 Å². The SMILES string of the molecule is Cc1cc(C2C3=CCC4C(=O)N(c5ccc(N6CCOCC6)cc5)C(=O)C4C3CC3=C2C(=O)C=C(Br)C3=O)cc(C)c1O. The van der Waals surface area contributed by atoms with Crippen LogP contribution in [0.3, 0.4) is 0 Å². The first-order chi connectivity index (χ1) is 20.7. The molecule has 2 aliphatic heterocycles. The molecule has 0 spiro atoms. The van der Waals surface area contributed by atoms with Crippen LogP contribution < -0.4 is 9.80 Å². The topological polar surface area (TPSA) is 104 Å². The molecule has 5 aliphatic rings. The summed E-state index contributed by atoms with van der Waals surface area (Å²) in [5.74, 6) is -2.98. The van der Waals surface area contributed by atoms with Crippen LogP contribution in [0.25, 0.3) is 0 Å². The summed E-state index contributed by atoms with van der Waals surface area (Å²) in [6, 6.07) is 11.2. The van der Waals surface area contributed by atoms with Crippen molar-refractivity contribution in [2.75, 3.05) is 36.1 Å². The Kier molecular flexibility index (Phi) is 6.78. The van der Waals surface area contributed by atoms with Crippen LogP contribution in [0.1, 0.15) is 35.4 Å². The number of carbonyl (C=O) groups is 4. The second-order valence-corrected chi connectivity index (χ2v) is 12.9. The van der Waals surface area contributed by atoms with Crippen LogP contribution in [0.4, 0.5) is 11.4 Å². The standard InChI is InChI=1S/C34H31BrN2O6/c1-17-13-19(14-18(2)31(17)39)28-22-7-8-23-29(24(22)15-25-30(28)27(38)16-26(35)32(25)40)34(42)37(33(23)41)21-5-3-20(4-6-21)36-9-11-43-12-10-36/h3-7,13-14,16,23-24,28-29,39H,8-12,15H2,1-2H3. The molecule has 43 heavy (non-hydrogen) atoms. The highest BCUT2D eigenvalue weighted by molar-refractivity contribution is 9.12. The fourth-order valence-electron chi connectivity index (χ4n) is 7.63. The summed E-state index contributed by atoms with van der Waals surface area (Å²) in [6.45, 7) is 6.50. The van der Waals surface area contributed by atoms with Crippen LogP contribution in [0.2, 0.25) is 0 Å². The van der Waals surface area contributed by atoms with Crippen molar-refractivity contribution in [1.29, 1.82) is 0 Å². The third kappa shape index (κ3) is 4.35. The number of carbonyl (C=O) groups excluding carboxylic acids is 4. The van der Waals surface area contributed by atoms with E-state index in [1.54, 1.807) is 13.8 Å². The molecule has 2 saturated heterocycles. The van der Waals surface area contributed by atoms with Crippen molar-refractivity contribution in [1.82, 2.24) is 0 Å². The van der Waals surface area contributed by atoms with Gasteiger partial charge in [-0.1, -0.05) is 23.8 Å². The lowest BCUT2D eigenvalue weighted by molar-refractivity contribution is -0.123. The summed E-state index contributed by atoms with van der Waals surface area (Å²) in [5, 5.41) is 10.5. The zero-order valence-electron chi connectivity index (χ0n) is 23.9. The molecule has 4 unspecified atom stereocenters. The predicted molar refractivity (Wildman–Crippen MR) is 164 cm³/mol. The van der Waals surface area contributed by atoms with Crippen molar-refractivity contribution in [3.05, 3.63) is 86.4 Å². The van der Waals surface area contributed by atoms with E-state index in [4.69, 9.17) is 4.74 Å². The number of fused-ring (bicyclic) bond motifs is 3. The first-order valence-corrected chi connectivity index (χ1v) is 15.4. The molecule has 220 valence electrons. The van der Waals surface area contributed by atoms with Gasteiger partial charge in [0.15, 0.2) is 11.6 Å². The average Bonchev–Trinajstić information content (AvgIpc) is 3.27. The second-order valence-electron chi connectivity index (χ2n) is 12.0. The summed E-state index contributed by atoms with van der Waals surface area (Å²) >= 11 is 3.27. The molecule has 0 radical (unpaired) electrons. The Hall–Kier alpha value is -3.82. The van der Waals surface area contributed by atoms with Gasteiger partial charge >= 0.3 is 0 Å². The number of nitrogens with zero attached hydrogens (tertiary/aromatic N) is 2. The highest BCUT2D eigenvalue weighted by Gasteiger charge is 2.56. The quantitative estimate of drug-likeness (QED) is 0.291. The van der Waals surface area contributed by atoms with Gasteiger partial charge < -0.3 is 14.7 Å². The molecule has 2 amide bonds. The average molecular weight is 644 g/mol. The van der Waals surface area contributed by atoms with E-state index >= 15 is 0 Å². The molecule has 0 aromatic heterocycles. The molecule has 0 bridgehead atoms. The number of aryl methyl sites for hydroxylation is 2. The molecular weight excluding hydrogens is 612 g/mol. The van der Waals surface area contributed by atoms with E-state index in [0.29, 0.717) is 47.6 Å². The molecule has 7 rings (SSSR count). The minimum Gasteiger partial charge on any atom is -0.507 e. The number of Topliss-reactive ketones (excluding diaryl/α,β-unsaturated/α-hetero) is 1. The van der Waals surface area contributed by atoms with Gasteiger partial charge in [-0.05, 0) is 89.5 Å². The highest BCUT2D eigenvalue weighted by Crippen LogP contribution is 2.56. The molecule has 9 heteroatoms. The van der Waals surface area contributed by atoms with Gasteiger partial charge in [-0.15, -0.1) is 0 Å². The van der Waals surface area contributed by atoms with E-state index in [1.807, 2.05) is 42.5 Å². The largest absolute Gasteiger partial charge is 0.507 e. The smallest absolute Gasteiger partial charge is 0.238 e. The van der Waals surface area contributed by atoms with E-state index in [9.17, 15) is 24.3 Å². The second kappa shape index (κ2) is 10.4. The number of allylic oxidation sites excluding steroid dienone is 6. The lowest BCUT2D eigenvalue weighted by atomic mass is 9.59. The lowest BCUT2D eigenvalue weighted by Gasteiger charge is -2.42. The fourth-order valence-corrected chi connectivity index (χ4v) is 8.08. The number of morpholine rings is 1. The number of aromatic hydroxyl groups is 1. The van der Waals surface area contributed by atoms with E-state index in [2.05, 4.69) is 20.8 Å². The maximum Gasteiger partial charge on any atom is 0.238 e. The van der Waals surface area contributed by atoms with Crippen LogP contribution in [-0.4, -0.2) is 54.8 Å². The Labute approximate surface area is 257 Å². The van der Waals surface area contributed by atoms with Gasteiger partial charge in [0.25, 0.3) is 0 Å². The number of benzene rings is 2. The Bertz CT molecular complexity index is 1670. The Balaban J connectivity index is 1.28.